The Bertz CT molecular complexity index is 1470. The normalized spacial score (nSPS) is 11.4. The van der Waals surface area contributed by atoms with Crippen LogP contribution in [0.25, 0.3) is 11.0 Å². The SMILES string of the molecule is Br.COCCN(C)c1cc(C(=O)Cn2c(=N)n(Cc3ccccc3)c3ccccc32)cc(C(C)(C)C)c1O. The molecule has 3 aromatic carbocycles. The van der Waals surface area contributed by atoms with Gasteiger partial charge in [0.1, 0.15) is 5.75 Å². The Morgan fingerprint density at radius 3 is 2.21 bits per heavy atom. The molecular formula is C30H37BrN4O3. The summed E-state index contributed by atoms with van der Waals surface area (Å²) in [6.45, 7) is 7.69. The van der Waals surface area contributed by atoms with Crippen LogP contribution < -0.4 is 10.5 Å². The minimum atomic E-state index is -0.364. The van der Waals surface area contributed by atoms with Gasteiger partial charge in [-0.25, -0.2) is 0 Å². The fourth-order valence-corrected chi connectivity index (χ4v) is 4.61. The van der Waals surface area contributed by atoms with Crippen LogP contribution in [-0.2, 0) is 23.2 Å². The Morgan fingerprint density at radius 2 is 1.61 bits per heavy atom. The summed E-state index contributed by atoms with van der Waals surface area (Å²) in [7, 11) is 3.51. The average molecular weight is 582 g/mol. The summed E-state index contributed by atoms with van der Waals surface area (Å²) in [6.07, 6.45) is 0. The summed E-state index contributed by atoms with van der Waals surface area (Å²) in [6, 6.07) is 21.4. The third-order valence-corrected chi connectivity index (χ3v) is 6.72. The Hall–Kier alpha value is -3.36. The molecule has 0 spiro atoms. The Morgan fingerprint density at radius 1 is 1.00 bits per heavy atom. The summed E-state index contributed by atoms with van der Waals surface area (Å²) < 4.78 is 8.90. The van der Waals surface area contributed by atoms with Gasteiger partial charge in [0.25, 0.3) is 0 Å². The summed E-state index contributed by atoms with van der Waals surface area (Å²) >= 11 is 0. The van der Waals surface area contributed by atoms with Crippen LogP contribution in [-0.4, -0.2) is 47.3 Å². The molecule has 8 heteroatoms. The Labute approximate surface area is 234 Å². The zero-order valence-electron chi connectivity index (χ0n) is 22.7. The van der Waals surface area contributed by atoms with E-state index in [2.05, 4.69) is 0 Å². The topological polar surface area (TPSA) is 83.5 Å². The van der Waals surface area contributed by atoms with Gasteiger partial charge in [0.05, 0.1) is 36.4 Å². The summed E-state index contributed by atoms with van der Waals surface area (Å²) in [5.74, 6) is 0.0592. The summed E-state index contributed by atoms with van der Waals surface area (Å²) in [4.78, 5) is 15.6. The average Bonchev–Trinajstić information content (AvgIpc) is 3.13. The molecule has 2 N–H and O–H groups in total. The quantitative estimate of drug-likeness (QED) is 0.255. The van der Waals surface area contributed by atoms with E-state index in [1.807, 2.05) is 91.9 Å². The highest BCUT2D eigenvalue weighted by Crippen LogP contribution is 2.39. The van der Waals surface area contributed by atoms with E-state index in [-0.39, 0.29) is 46.1 Å². The molecule has 202 valence electrons. The van der Waals surface area contributed by atoms with Crippen LogP contribution in [0.5, 0.6) is 5.75 Å². The maximum absolute atomic E-state index is 13.7. The van der Waals surface area contributed by atoms with Crippen LogP contribution >= 0.6 is 17.0 Å². The number of ketones is 1. The van der Waals surface area contributed by atoms with Crippen LogP contribution in [0.15, 0.2) is 66.7 Å². The molecule has 0 amide bonds. The predicted molar refractivity (Wildman–Crippen MR) is 158 cm³/mol. The van der Waals surface area contributed by atoms with Crippen molar-refractivity contribution in [1.82, 2.24) is 9.13 Å². The van der Waals surface area contributed by atoms with Crippen molar-refractivity contribution in [2.24, 2.45) is 0 Å². The van der Waals surface area contributed by atoms with Gasteiger partial charge in [-0.15, -0.1) is 17.0 Å². The molecule has 7 nitrogen and oxygen atoms in total. The lowest BCUT2D eigenvalue weighted by atomic mass is 9.84. The first-order valence-electron chi connectivity index (χ1n) is 12.5. The molecule has 0 saturated carbocycles. The van der Waals surface area contributed by atoms with Crippen LogP contribution in [0.4, 0.5) is 5.69 Å². The lowest BCUT2D eigenvalue weighted by molar-refractivity contribution is 0.0971. The van der Waals surface area contributed by atoms with Crippen molar-refractivity contribution in [1.29, 1.82) is 5.41 Å². The maximum atomic E-state index is 13.7. The van der Waals surface area contributed by atoms with Crippen molar-refractivity contribution in [3.8, 4) is 5.75 Å². The molecule has 38 heavy (non-hydrogen) atoms. The molecular weight excluding hydrogens is 544 g/mol. The lowest BCUT2D eigenvalue weighted by Crippen LogP contribution is -2.28. The van der Waals surface area contributed by atoms with Gasteiger partial charge in [0.15, 0.2) is 5.78 Å². The molecule has 0 bridgehead atoms. The van der Waals surface area contributed by atoms with E-state index in [0.29, 0.717) is 36.5 Å². The van der Waals surface area contributed by atoms with Crippen LogP contribution in [0.3, 0.4) is 0 Å². The number of para-hydroxylation sites is 2. The number of carbonyl (C=O) groups is 1. The summed E-state index contributed by atoms with van der Waals surface area (Å²) in [5, 5.41) is 20.0. The fraction of sp³-hybridized carbons (Fsp3) is 0.333. The number of phenols is 1. The highest BCUT2D eigenvalue weighted by atomic mass is 79.9. The van der Waals surface area contributed by atoms with E-state index < -0.39 is 0 Å². The smallest absolute Gasteiger partial charge is 0.203 e. The number of nitrogens with zero attached hydrogens (tertiary/aromatic N) is 3. The van der Waals surface area contributed by atoms with Crippen LogP contribution in [0, 0.1) is 5.41 Å². The number of aromatic hydroxyl groups is 1. The van der Waals surface area contributed by atoms with Gasteiger partial charge in [-0.3, -0.25) is 10.2 Å². The fourth-order valence-electron chi connectivity index (χ4n) is 4.61. The predicted octanol–water partition coefficient (Wildman–Crippen LogP) is 5.52. The van der Waals surface area contributed by atoms with E-state index in [4.69, 9.17) is 10.1 Å². The number of aromatic nitrogens is 2. The number of benzene rings is 3. The molecule has 1 heterocycles. The van der Waals surface area contributed by atoms with Crippen LogP contribution in [0.2, 0.25) is 0 Å². The molecule has 1 aromatic heterocycles. The second-order valence-electron chi connectivity index (χ2n) is 10.4. The van der Waals surface area contributed by atoms with Gasteiger partial charge in [-0.05, 0) is 35.2 Å². The number of ether oxygens (including phenoxy) is 1. The third-order valence-electron chi connectivity index (χ3n) is 6.72. The number of carbonyl (C=O) groups excluding carboxylic acids is 1. The third kappa shape index (κ3) is 6.03. The summed E-state index contributed by atoms with van der Waals surface area (Å²) in [5.41, 5.74) is 4.55. The molecule has 0 saturated heterocycles. The molecule has 0 fully saturated rings. The molecule has 0 radical (unpaired) electrons. The highest BCUT2D eigenvalue weighted by Gasteiger charge is 2.25. The van der Waals surface area contributed by atoms with Gasteiger partial charge in [0, 0.05) is 31.8 Å². The van der Waals surface area contributed by atoms with Crippen LogP contribution in [0.1, 0.15) is 42.3 Å². The largest absolute Gasteiger partial charge is 0.505 e. The van der Waals surface area contributed by atoms with Crippen molar-refractivity contribution < 1.29 is 14.6 Å². The number of anilines is 1. The van der Waals surface area contributed by atoms with Crippen molar-refractivity contribution in [2.75, 3.05) is 32.2 Å². The number of likely N-dealkylation sites (N-methyl/N-ethyl adjacent to an activating group) is 1. The number of Topliss-reactive ketones (excluding diaryl/α,β-unsaturated/α-hetero) is 1. The van der Waals surface area contributed by atoms with Gasteiger partial charge in [-0.2, -0.15) is 0 Å². The molecule has 4 aromatic rings. The number of fused-ring (bicyclic) bond motifs is 1. The molecule has 0 aliphatic heterocycles. The minimum absolute atomic E-state index is 0. The lowest BCUT2D eigenvalue weighted by Gasteiger charge is -2.27. The van der Waals surface area contributed by atoms with Crippen molar-refractivity contribution >= 4 is 39.5 Å². The first-order chi connectivity index (χ1) is 17.6. The number of phenolic OH excluding ortho intramolecular Hbond substituents is 1. The number of hydrogen-bond acceptors (Lipinski definition) is 5. The second kappa shape index (κ2) is 12.0. The van der Waals surface area contributed by atoms with E-state index >= 15 is 0 Å². The molecule has 4 rings (SSSR count). The van der Waals surface area contributed by atoms with Gasteiger partial charge < -0.3 is 23.9 Å². The standard InChI is InChI=1S/C30H36N4O3.BrH/c1-30(2,3)23-17-22(18-26(28(23)36)32(4)15-16-37-5)27(35)20-34-25-14-10-9-13-24(25)33(29(34)31)19-21-11-7-6-8-12-21;/h6-14,17-18,31,36H,15-16,19-20H2,1-5H3;1H. The molecule has 0 aliphatic carbocycles. The van der Waals surface area contributed by atoms with Crippen molar-refractivity contribution in [3.63, 3.8) is 0 Å². The zero-order valence-corrected chi connectivity index (χ0v) is 24.4. The Kier molecular flexibility index (Phi) is 9.22. The van der Waals surface area contributed by atoms with E-state index in [9.17, 15) is 9.90 Å². The van der Waals surface area contributed by atoms with Gasteiger partial charge >= 0.3 is 0 Å². The monoisotopic (exact) mass is 580 g/mol. The van der Waals surface area contributed by atoms with Gasteiger partial charge in [-0.1, -0.05) is 63.2 Å². The number of imidazole rings is 1. The molecule has 0 atom stereocenters. The first kappa shape index (κ1) is 29.2. The molecule has 0 unspecified atom stereocenters. The van der Waals surface area contributed by atoms with Crippen molar-refractivity contribution in [3.05, 3.63) is 89.0 Å². The Balaban J connectivity index is 0.00000400. The number of halogens is 1. The van der Waals surface area contributed by atoms with Crippen molar-refractivity contribution in [2.45, 2.75) is 39.3 Å². The first-order valence-corrected chi connectivity index (χ1v) is 12.5. The highest BCUT2D eigenvalue weighted by molar-refractivity contribution is 8.93. The number of nitrogens with one attached hydrogen (secondary N) is 1. The maximum Gasteiger partial charge on any atom is 0.203 e. The van der Waals surface area contributed by atoms with Gasteiger partial charge in [0.2, 0.25) is 5.62 Å². The number of hydrogen-bond donors (Lipinski definition) is 2. The number of rotatable bonds is 9. The minimum Gasteiger partial charge on any atom is -0.505 e. The molecule has 0 aliphatic rings. The van der Waals surface area contributed by atoms with E-state index in [1.54, 1.807) is 23.8 Å². The zero-order chi connectivity index (χ0) is 26.7. The van der Waals surface area contributed by atoms with E-state index in [0.717, 1.165) is 16.6 Å². The number of methoxy groups -OCH3 is 1. The second-order valence-corrected chi connectivity index (χ2v) is 10.4. The van der Waals surface area contributed by atoms with E-state index in [1.165, 1.54) is 0 Å².